The summed E-state index contributed by atoms with van der Waals surface area (Å²) >= 11 is 0. The Morgan fingerprint density at radius 2 is 1.62 bits per heavy atom. The number of ether oxygens (including phenoxy) is 1. The fourth-order valence-electron chi connectivity index (χ4n) is 1.47. The van der Waals surface area contributed by atoms with Crippen molar-refractivity contribution in [3.05, 3.63) is 0 Å². The number of hydrogen-bond donors (Lipinski definition) is 5. The van der Waals surface area contributed by atoms with Crippen LogP contribution in [0.1, 0.15) is 0 Å². The molecule has 1 aliphatic heterocycles. The Labute approximate surface area is 134 Å². The second kappa shape index (κ2) is 7.60. The number of hydrogen-bond acceptors (Lipinski definition) is 10. The minimum Gasteiger partial charge on any atom is -0.756 e. The molecule has 0 aromatic carbocycles. The average molecular weight is 362 g/mol. The maximum Gasteiger partial charge on any atom is 2.00 e. The van der Waals surface area contributed by atoms with E-state index in [2.05, 4.69) is 13.8 Å². The Kier molecular flexibility index (Phi) is 7.90. The summed E-state index contributed by atoms with van der Waals surface area (Å²) in [7, 11) is -10.3. The van der Waals surface area contributed by atoms with Gasteiger partial charge in [-0.05, 0) is 0 Å². The van der Waals surface area contributed by atoms with Crippen molar-refractivity contribution in [2.45, 2.75) is 24.1 Å². The normalized spacial score (nSPS) is 38.3. The third-order valence-electron chi connectivity index (χ3n) is 2.36. The minimum atomic E-state index is -5.22. The van der Waals surface area contributed by atoms with E-state index >= 15 is 0 Å². The fourth-order valence-corrected chi connectivity index (χ4v) is 2.15. The van der Waals surface area contributed by atoms with Crippen molar-refractivity contribution < 1.29 is 57.8 Å². The second-order valence-electron chi connectivity index (χ2n) is 3.94. The fraction of sp³-hybridized carbons (Fsp3) is 1.00. The molecule has 21 heavy (non-hydrogen) atoms. The largest absolute Gasteiger partial charge is 2.00 e. The van der Waals surface area contributed by atoms with Crippen LogP contribution in [0.4, 0.5) is 0 Å². The van der Waals surface area contributed by atoms with Crippen LogP contribution < -0.4 is 9.79 Å². The van der Waals surface area contributed by atoms with Crippen LogP contribution in [0.2, 0.25) is 0 Å². The maximum atomic E-state index is 10.4. The quantitative estimate of drug-likeness (QED) is 0.223. The van der Waals surface area contributed by atoms with Gasteiger partial charge in [0.05, 0.1) is 6.61 Å². The molecule has 1 rings (SSSR count). The molecule has 1 heterocycles. The van der Waals surface area contributed by atoms with E-state index in [9.17, 15) is 34.2 Å². The molecular weight excluding hydrogens is 350 g/mol. The van der Waals surface area contributed by atoms with E-state index in [0.29, 0.717) is 0 Å². The van der Waals surface area contributed by atoms with Gasteiger partial charge in [-0.3, -0.25) is 9.13 Å². The predicted molar refractivity (Wildman–Crippen MR) is 59.1 cm³/mol. The first-order valence-electron chi connectivity index (χ1n) is 4.97. The Bertz CT molecular complexity index is 433. The average Bonchev–Trinajstić information content (AvgIpc) is 2.48. The van der Waals surface area contributed by atoms with E-state index in [4.69, 9.17) is 9.79 Å². The first-order valence-corrected chi connectivity index (χ1v) is 7.96. The monoisotopic (exact) mass is 362 g/mol. The van der Waals surface area contributed by atoms with Crippen molar-refractivity contribution in [2.75, 3.05) is 13.2 Å². The molecule has 5 N–H and O–H groups in total. The molecule has 15 heteroatoms. The summed E-state index contributed by atoms with van der Waals surface area (Å²) in [5.74, 6) is -2.72. The van der Waals surface area contributed by atoms with Gasteiger partial charge in [-0.15, -0.1) is 0 Å². The summed E-state index contributed by atoms with van der Waals surface area (Å²) in [5.41, 5.74) is 0. The molecule has 0 aliphatic carbocycles. The number of aliphatic hydroxyl groups excluding tert-OH is 2. The molecular formula is C6H12MgO12P2. The smallest absolute Gasteiger partial charge is 0.756 e. The van der Waals surface area contributed by atoms with Crippen molar-refractivity contribution in [2.24, 2.45) is 0 Å². The van der Waals surface area contributed by atoms with Crippen molar-refractivity contribution in [1.82, 2.24) is 0 Å². The molecule has 1 aliphatic rings. The van der Waals surface area contributed by atoms with Gasteiger partial charge in [0, 0.05) is 0 Å². The molecule has 0 aromatic heterocycles. The Hall–Kier alpha value is 0.826. The zero-order chi connectivity index (χ0) is 15.8. The summed E-state index contributed by atoms with van der Waals surface area (Å²) in [6.07, 6.45) is -5.54. The summed E-state index contributed by atoms with van der Waals surface area (Å²) < 4.78 is 33.1. The molecule has 1 fully saturated rings. The van der Waals surface area contributed by atoms with Crippen LogP contribution in [0, 0.1) is 0 Å². The molecule has 0 amide bonds. The van der Waals surface area contributed by atoms with E-state index in [1.54, 1.807) is 0 Å². The molecule has 120 valence electrons. The number of rotatable bonds is 6. The van der Waals surface area contributed by atoms with Gasteiger partial charge < -0.3 is 48.7 Å². The first kappa shape index (κ1) is 21.8. The zero-order valence-electron chi connectivity index (χ0n) is 10.3. The van der Waals surface area contributed by atoms with E-state index in [0.717, 1.165) is 0 Å². The molecule has 2 unspecified atom stereocenters. The van der Waals surface area contributed by atoms with Crippen LogP contribution in [0.15, 0.2) is 0 Å². The van der Waals surface area contributed by atoms with Crippen LogP contribution in [0.5, 0.6) is 0 Å². The Balaban J connectivity index is 0.00000400. The van der Waals surface area contributed by atoms with Crippen molar-refractivity contribution in [3.8, 4) is 0 Å². The van der Waals surface area contributed by atoms with Gasteiger partial charge >= 0.3 is 23.1 Å². The van der Waals surface area contributed by atoms with Crippen LogP contribution in [-0.4, -0.2) is 85.5 Å². The zero-order valence-corrected chi connectivity index (χ0v) is 13.5. The van der Waals surface area contributed by atoms with Crippen molar-refractivity contribution >= 4 is 38.7 Å². The third kappa shape index (κ3) is 6.85. The predicted octanol–water partition coefficient (Wildman–Crippen LogP) is -4.63. The standard InChI is InChI=1S/C6H14O12P2.Mg/c7-4-3(1-16-19(10,11)12)18-6(9,5(4)8)2-17-20(13,14)15;/h3-5,7-9H,1-2H2,(H2,10,11,12)(H2,13,14,15);/q;+2/p-2/t3-,4-,5+,6-;/m1./s1. The molecule has 12 nitrogen and oxygen atoms in total. The summed E-state index contributed by atoms with van der Waals surface area (Å²) in [6.45, 7) is -2.21. The van der Waals surface area contributed by atoms with E-state index < -0.39 is 53.0 Å². The molecule has 0 bridgehead atoms. The molecule has 1 saturated heterocycles. The molecule has 0 aromatic rings. The summed E-state index contributed by atoms with van der Waals surface area (Å²) in [5, 5.41) is 28.6. The van der Waals surface area contributed by atoms with Gasteiger partial charge in [0.2, 0.25) is 5.79 Å². The van der Waals surface area contributed by atoms with Gasteiger partial charge in [-0.2, -0.15) is 0 Å². The molecule has 0 saturated carbocycles. The van der Waals surface area contributed by atoms with Gasteiger partial charge in [-0.25, -0.2) is 0 Å². The number of phosphoric ester groups is 2. The van der Waals surface area contributed by atoms with Gasteiger partial charge in [-0.1, -0.05) is 0 Å². The van der Waals surface area contributed by atoms with E-state index in [1.165, 1.54) is 0 Å². The number of aliphatic hydroxyl groups is 3. The first-order chi connectivity index (χ1) is 8.84. The van der Waals surface area contributed by atoms with Gasteiger partial charge in [0.15, 0.2) is 0 Å². The van der Waals surface area contributed by atoms with Gasteiger partial charge in [0.25, 0.3) is 15.6 Å². The van der Waals surface area contributed by atoms with Crippen LogP contribution in [0.3, 0.4) is 0 Å². The molecule has 6 atom stereocenters. The molecule has 0 spiro atoms. The van der Waals surface area contributed by atoms with Gasteiger partial charge in [0.1, 0.15) is 24.9 Å². The Morgan fingerprint density at radius 3 is 2.05 bits per heavy atom. The van der Waals surface area contributed by atoms with E-state index in [-0.39, 0.29) is 23.1 Å². The minimum absolute atomic E-state index is 0. The maximum absolute atomic E-state index is 10.4. The topological polar surface area (TPSA) is 209 Å². The second-order valence-corrected chi connectivity index (χ2v) is 6.33. The van der Waals surface area contributed by atoms with E-state index in [1.807, 2.05) is 0 Å². The van der Waals surface area contributed by atoms with Crippen LogP contribution in [0.25, 0.3) is 0 Å². The Morgan fingerprint density at radius 1 is 1.14 bits per heavy atom. The van der Waals surface area contributed by atoms with Crippen molar-refractivity contribution in [3.63, 3.8) is 0 Å². The third-order valence-corrected chi connectivity index (χ3v) is 3.29. The van der Waals surface area contributed by atoms with Crippen LogP contribution >= 0.6 is 15.6 Å². The molecule has 0 radical (unpaired) electrons. The number of phosphoric acid groups is 2. The SMILES string of the molecule is O=P([O-])(O)OC[C@H]1O[C@](O)(COP(=O)([O-])O)[C@@H](O)[C@@H]1O.[Mg+2]. The van der Waals surface area contributed by atoms with Crippen LogP contribution in [-0.2, 0) is 22.9 Å². The summed E-state index contributed by atoms with van der Waals surface area (Å²) in [6, 6.07) is 0. The summed E-state index contributed by atoms with van der Waals surface area (Å²) in [4.78, 5) is 37.4. The van der Waals surface area contributed by atoms with Crippen molar-refractivity contribution in [1.29, 1.82) is 0 Å².